The Morgan fingerprint density at radius 1 is 1.38 bits per heavy atom. The predicted molar refractivity (Wildman–Crippen MR) is 34.3 cm³/mol. The van der Waals surface area contributed by atoms with Crippen LogP contribution in [0.4, 0.5) is 0 Å². The van der Waals surface area contributed by atoms with Crippen LogP contribution in [0.3, 0.4) is 0 Å². The topological polar surface area (TPSA) is 23.8 Å². The summed E-state index contributed by atoms with van der Waals surface area (Å²) in [7, 11) is 0. The number of nitrogens with zero attached hydrogens (tertiary/aromatic N) is 1. The minimum Gasteiger partial charge on any atom is -0.198 e. The Morgan fingerprint density at radius 3 is 1.88 bits per heavy atom. The van der Waals surface area contributed by atoms with E-state index < -0.39 is 0 Å². The fraction of sp³-hybridized carbons (Fsp3) is 0.857. The van der Waals surface area contributed by atoms with E-state index in [-0.39, 0.29) is 0 Å². The molecule has 1 rings (SSSR count). The Kier molecular flexibility index (Phi) is 4.35. The molecule has 0 aromatic rings. The van der Waals surface area contributed by atoms with Crippen LogP contribution in [-0.2, 0) is 0 Å². The lowest BCUT2D eigenvalue weighted by molar-refractivity contribution is 0.397. The van der Waals surface area contributed by atoms with Gasteiger partial charge in [0.1, 0.15) is 0 Å². The molecule has 1 fully saturated rings. The summed E-state index contributed by atoms with van der Waals surface area (Å²) in [6.07, 6.45) is 3.57. The summed E-state index contributed by atoms with van der Waals surface area (Å²) in [6, 6.07) is 2.20. The van der Waals surface area contributed by atoms with Crippen molar-refractivity contribution in [2.75, 3.05) is 0 Å². The highest BCUT2D eigenvalue weighted by molar-refractivity contribution is 4.88. The van der Waals surface area contributed by atoms with Crippen LogP contribution in [0.5, 0.6) is 0 Å². The van der Waals surface area contributed by atoms with E-state index in [0.717, 1.165) is 12.8 Å². The molecule has 46 valence electrons. The molecular weight excluding hydrogens is 98.1 g/mol. The van der Waals surface area contributed by atoms with Crippen molar-refractivity contribution < 1.29 is 0 Å². The van der Waals surface area contributed by atoms with Crippen molar-refractivity contribution in [3.63, 3.8) is 0 Å². The van der Waals surface area contributed by atoms with Gasteiger partial charge in [-0.3, -0.25) is 0 Å². The maximum Gasteiger partial charge on any atom is 0.0655 e. The van der Waals surface area contributed by atoms with E-state index in [9.17, 15) is 0 Å². The van der Waals surface area contributed by atoms with Crippen molar-refractivity contribution in [1.29, 1.82) is 5.26 Å². The van der Waals surface area contributed by atoms with Gasteiger partial charge >= 0.3 is 0 Å². The van der Waals surface area contributed by atoms with E-state index in [1.165, 1.54) is 6.42 Å². The zero-order valence-corrected chi connectivity index (χ0v) is 5.65. The molecule has 0 saturated heterocycles. The Hall–Kier alpha value is -0.510. The molecule has 1 heteroatoms. The van der Waals surface area contributed by atoms with Crippen LogP contribution in [0.2, 0.25) is 0 Å². The molecule has 1 nitrogen and oxygen atoms in total. The maximum atomic E-state index is 8.14. The highest BCUT2D eigenvalue weighted by Crippen LogP contribution is 2.24. The minimum absolute atomic E-state index is 0.421. The molecule has 1 aliphatic carbocycles. The summed E-state index contributed by atoms with van der Waals surface area (Å²) in [5.41, 5.74) is 0. The van der Waals surface area contributed by atoms with Crippen LogP contribution in [0, 0.1) is 17.2 Å². The molecule has 0 heterocycles. The summed E-state index contributed by atoms with van der Waals surface area (Å²) in [6.45, 7) is 4.00. The lowest BCUT2D eigenvalue weighted by atomic mass is 9.87. The van der Waals surface area contributed by atoms with Crippen LogP contribution in [0.25, 0.3) is 0 Å². The molecule has 0 unspecified atom stereocenters. The van der Waals surface area contributed by atoms with Gasteiger partial charge in [0.2, 0.25) is 0 Å². The van der Waals surface area contributed by atoms with E-state index in [1.807, 2.05) is 13.8 Å². The molecule has 1 saturated carbocycles. The number of nitriles is 1. The normalized spacial score (nSPS) is 17.1. The van der Waals surface area contributed by atoms with E-state index in [4.69, 9.17) is 5.26 Å². The highest BCUT2D eigenvalue weighted by Gasteiger charge is 2.14. The number of hydrogen-bond acceptors (Lipinski definition) is 1. The van der Waals surface area contributed by atoms with Crippen molar-refractivity contribution >= 4 is 0 Å². The van der Waals surface area contributed by atoms with Crippen LogP contribution in [0.1, 0.15) is 33.1 Å². The fourth-order valence-corrected chi connectivity index (χ4v) is 0.537. The van der Waals surface area contributed by atoms with Gasteiger partial charge in [-0.05, 0) is 12.8 Å². The van der Waals surface area contributed by atoms with Crippen LogP contribution in [0.15, 0.2) is 0 Å². The zero-order chi connectivity index (χ0) is 6.41. The van der Waals surface area contributed by atoms with Gasteiger partial charge in [0.05, 0.1) is 6.07 Å². The van der Waals surface area contributed by atoms with Gasteiger partial charge < -0.3 is 0 Å². The molecule has 0 amide bonds. The first-order valence-electron chi connectivity index (χ1n) is 3.33. The average molecular weight is 111 g/mol. The SMILES string of the molecule is CC.N#CC1CCC1. The van der Waals surface area contributed by atoms with E-state index in [0.29, 0.717) is 5.92 Å². The lowest BCUT2D eigenvalue weighted by Gasteiger charge is -2.15. The third kappa shape index (κ3) is 1.97. The molecule has 0 aliphatic heterocycles. The predicted octanol–water partition coefficient (Wildman–Crippen LogP) is 2.34. The molecule has 0 atom stereocenters. The smallest absolute Gasteiger partial charge is 0.0655 e. The standard InChI is InChI=1S/C5H7N.C2H6/c6-4-5-2-1-3-5;1-2/h5H,1-3H2;1-2H3. The summed E-state index contributed by atoms with van der Waals surface area (Å²) in [5, 5.41) is 8.14. The van der Waals surface area contributed by atoms with E-state index in [1.54, 1.807) is 0 Å². The molecule has 0 radical (unpaired) electrons. The Labute approximate surface area is 51.3 Å². The summed E-state index contributed by atoms with van der Waals surface area (Å²) >= 11 is 0. The number of hydrogen-bond donors (Lipinski definition) is 0. The third-order valence-electron chi connectivity index (χ3n) is 1.29. The second-order valence-electron chi connectivity index (χ2n) is 1.76. The fourth-order valence-electron chi connectivity index (χ4n) is 0.537. The molecule has 0 spiro atoms. The molecule has 0 N–H and O–H groups in total. The summed E-state index contributed by atoms with van der Waals surface area (Å²) in [5.74, 6) is 0.421. The highest BCUT2D eigenvalue weighted by atomic mass is 14.3. The lowest BCUT2D eigenvalue weighted by Crippen LogP contribution is -2.06. The quantitative estimate of drug-likeness (QED) is 0.470. The van der Waals surface area contributed by atoms with Crippen LogP contribution < -0.4 is 0 Å². The second-order valence-corrected chi connectivity index (χ2v) is 1.76. The molecule has 8 heavy (non-hydrogen) atoms. The molecule has 0 aromatic heterocycles. The molecule has 0 bridgehead atoms. The number of rotatable bonds is 0. The van der Waals surface area contributed by atoms with Crippen molar-refractivity contribution in [2.45, 2.75) is 33.1 Å². The summed E-state index contributed by atoms with van der Waals surface area (Å²) in [4.78, 5) is 0. The Morgan fingerprint density at radius 2 is 1.88 bits per heavy atom. The molecule has 0 aromatic carbocycles. The van der Waals surface area contributed by atoms with Crippen molar-refractivity contribution in [3.8, 4) is 6.07 Å². The van der Waals surface area contributed by atoms with Crippen LogP contribution >= 0.6 is 0 Å². The first kappa shape index (κ1) is 7.49. The zero-order valence-electron chi connectivity index (χ0n) is 5.65. The van der Waals surface area contributed by atoms with Crippen LogP contribution in [-0.4, -0.2) is 0 Å². The minimum atomic E-state index is 0.421. The largest absolute Gasteiger partial charge is 0.198 e. The Bertz CT molecular complexity index is 76.9. The second kappa shape index (κ2) is 4.64. The Balaban J connectivity index is 0.000000222. The molecular formula is C7H13N. The first-order valence-corrected chi connectivity index (χ1v) is 3.33. The van der Waals surface area contributed by atoms with Gasteiger partial charge in [0.25, 0.3) is 0 Å². The van der Waals surface area contributed by atoms with Gasteiger partial charge in [-0.1, -0.05) is 20.3 Å². The molecule has 1 aliphatic rings. The van der Waals surface area contributed by atoms with Gasteiger partial charge in [0, 0.05) is 5.92 Å². The maximum absolute atomic E-state index is 8.14. The van der Waals surface area contributed by atoms with E-state index in [2.05, 4.69) is 6.07 Å². The third-order valence-corrected chi connectivity index (χ3v) is 1.29. The van der Waals surface area contributed by atoms with Gasteiger partial charge in [-0.25, -0.2) is 0 Å². The average Bonchev–Trinajstić information content (AvgIpc) is 1.69. The summed E-state index contributed by atoms with van der Waals surface area (Å²) < 4.78 is 0. The van der Waals surface area contributed by atoms with Crippen molar-refractivity contribution in [3.05, 3.63) is 0 Å². The van der Waals surface area contributed by atoms with Crippen molar-refractivity contribution in [1.82, 2.24) is 0 Å². The van der Waals surface area contributed by atoms with Gasteiger partial charge in [0.15, 0.2) is 0 Å². The first-order chi connectivity index (χ1) is 3.93. The van der Waals surface area contributed by atoms with Gasteiger partial charge in [-0.2, -0.15) is 5.26 Å². The van der Waals surface area contributed by atoms with E-state index >= 15 is 0 Å². The van der Waals surface area contributed by atoms with Crippen molar-refractivity contribution in [2.24, 2.45) is 5.92 Å². The monoisotopic (exact) mass is 111 g/mol. The van der Waals surface area contributed by atoms with Gasteiger partial charge in [-0.15, -0.1) is 0 Å².